The van der Waals surface area contributed by atoms with Gasteiger partial charge in [0.1, 0.15) is 16.4 Å². The van der Waals surface area contributed by atoms with Crippen LogP contribution in [0.1, 0.15) is 18.4 Å². The number of hydrogen-bond acceptors (Lipinski definition) is 4. The van der Waals surface area contributed by atoms with Crippen molar-refractivity contribution in [3.63, 3.8) is 0 Å². The average Bonchev–Trinajstić information content (AvgIpc) is 2.70. The molecule has 0 saturated heterocycles. The molecule has 1 unspecified atom stereocenters. The van der Waals surface area contributed by atoms with E-state index in [2.05, 4.69) is 0 Å². The Morgan fingerprint density at radius 1 is 1.56 bits per heavy atom. The zero-order valence-electron chi connectivity index (χ0n) is 10.9. The normalized spacial score (nSPS) is 14.1. The lowest BCUT2D eigenvalue weighted by Crippen LogP contribution is -2.37. The van der Waals surface area contributed by atoms with E-state index in [4.69, 9.17) is 20.8 Å². The van der Waals surface area contributed by atoms with Crippen molar-refractivity contribution in [1.29, 1.82) is 0 Å². The van der Waals surface area contributed by atoms with E-state index in [-0.39, 0.29) is 16.8 Å². The number of ether oxygens (including phenoxy) is 1. The number of alkyl halides is 1. The fourth-order valence-corrected chi connectivity index (χ4v) is 3.25. The minimum Gasteiger partial charge on any atom is -0.464 e. The van der Waals surface area contributed by atoms with E-state index in [9.17, 15) is 8.42 Å². The van der Waals surface area contributed by atoms with Gasteiger partial charge in [0.25, 0.3) is 0 Å². The zero-order valence-corrected chi connectivity index (χ0v) is 12.5. The van der Waals surface area contributed by atoms with Gasteiger partial charge in [-0.15, -0.1) is 11.6 Å². The molecule has 1 aromatic heterocycles. The molecule has 0 fully saturated rings. The number of hydrogen-bond donors (Lipinski definition) is 0. The number of halogens is 1. The van der Waals surface area contributed by atoms with Crippen LogP contribution in [0.4, 0.5) is 0 Å². The van der Waals surface area contributed by atoms with Gasteiger partial charge in [0.2, 0.25) is 10.0 Å². The lowest BCUT2D eigenvalue weighted by atomic mass is 10.4. The first-order chi connectivity index (χ1) is 8.34. The highest BCUT2D eigenvalue weighted by Gasteiger charge is 2.29. The van der Waals surface area contributed by atoms with Crippen molar-refractivity contribution >= 4 is 21.6 Å². The summed E-state index contributed by atoms with van der Waals surface area (Å²) in [7, 11) is -0.526. The largest absolute Gasteiger partial charge is 0.464 e. The van der Waals surface area contributed by atoms with Crippen LogP contribution < -0.4 is 0 Å². The molecular formula is C11H18ClNO4S. The fraction of sp³-hybridized carbons (Fsp3) is 0.636. The van der Waals surface area contributed by atoms with Crippen molar-refractivity contribution in [2.24, 2.45) is 0 Å². The van der Waals surface area contributed by atoms with Gasteiger partial charge in [-0.1, -0.05) is 0 Å². The van der Waals surface area contributed by atoms with Crippen LogP contribution in [0.15, 0.2) is 15.4 Å². The highest BCUT2D eigenvalue weighted by molar-refractivity contribution is 7.89. The highest BCUT2D eigenvalue weighted by Crippen LogP contribution is 2.24. The molecule has 1 atom stereocenters. The third-order valence-corrected chi connectivity index (χ3v) is 5.08. The second kappa shape index (κ2) is 6.06. The number of sulfonamides is 1. The summed E-state index contributed by atoms with van der Waals surface area (Å²) in [4.78, 5) is 0.156. The van der Waals surface area contributed by atoms with E-state index in [1.165, 1.54) is 24.5 Å². The van der Waals surface area contributed by atoms with Crippen molar-refractivity contribution in [3.8, 4) is 0 Å². The van der Waals surface area contributed by atoms with Gasteiger partial charge in [0.15, 0.2) is 0 Å². The quantitative estimate of drug-likeness (QED) is 0.753. The molecule has 104 valence electrons. The molecule has 0 radical (unpaired) electrons. The maximum Gasteiger partial charge on any atom is 0.246 e. The molecule has 0 aliphatic rings. The van der Waals surface area contributed by atoms with Crippen LogP contribution in [-0.4, -0.2) is 39.5 Å². The number of methoxy groups -OCH3 is 1. The van der Waals surface area contributed by atoms with E-state index in [0.29, 0.717) is 18.1 Å². The zero-order chi connectivity index (χ0) is 13.9. The maximum atomic E-state index is 12.4. The number of aryl methyl sites for hydroxylation is 1. The predicted octanol–water partition coefficient (Wildman–Crippen LogP) is 1.98. The molecule has 0 N–H and O–H groups in total. The molecule has 18 heavy (non-hydrogen) atoms. The summed E-state index contributed by atoms with van der Waals surface area (Å²) in [6.45, 7) is 3.71. The van der Waals surface area contributed by atoms with Crippen LogP contribution in [-0.2, 0) is 20.6 Å². The topological polar surface area (TPSA) is 59.8 Å². The SMILES string of the molecule is COCC(C)N(C)S(=O)(=O)c1cc(CCl)oc1C. The van der Waals surface area contributed by atoms with Gasteiger partial charge in [0.05, 0.1) is 12.5 Å². The van der Waals surface area contributed by atoms with Gasteiger partial charge in [-0.05, 0) is 13.8 Å². The number of furan rings is 1. The van der Waals surface area contributed by atoms with E-state index in [1.807, 2.05) is 0 Å². The third-order valence-electron chi connectivity index (χ3n) is 2.74. The smallest absolute Gasteiger partial charge is 0.246 e. The summed E-state index contributed by atoms with van der Waals surface area (Å²) in [5.74, 6) is 0.941. The molecule has 0 saturated carbocycles. The summed E-state index contributed by atoms with van der Waals surface area (Å²) >= 11 is 5.63. The van der Waals surface area contributed by atoms with Gasteiger partial charge in [0, 0.05) is 26.3 Å². The first kappa shape index (κ1) is 15.5. The fourth-order valence-electron chi connectivity index (χ4n) is 1.58. The molecule has 0 aromatic carbocycles. The van der Waals surface area contributed by atoms with Crippen molar-refractivity contribution < 1.29 is 17.6 Å². The Kier molecular flexibility index (Phi) is 5.21. The number of nitrogens with zero attached hydrogens (tertiary/aromatic N) is 1. The van der Waals surface area contributed by atoms with E-state index in [0.717, 1.165) is 0 Å². The highest BCUT2D eigenvalue weighted by atomic mass is 35.5. The lowest BCUT2D eigenvalue weighted by Gasteiger charge is -2.23. The summed E-state index contributed by atoms with van der Waals surface area (Å²) in [6, 6.07) is 1.21. The van der Waals surface area contributed by atoms with Crippen LogP contribution in [0.5, 0.6) is 0 Å². The molecule has 0 aliphatic carbocycles. The van der Waals surface area contributed by atoms with Crippen molar-refractivity contribution in [2.45, 2.75) is 30.7 Å². The van der Waals surface area contributed by atoms with Crippen molar-refractivity contribution in [1.82, 2.24) is 4.31 Å². The van der Waals surface area contributed by atoms with E-state index < -0.39 is 10.0 Å². The second-order valence-corrected chi connectivity index (χ2v) is 6.33. The second-order valence-electron chi connectivity index (χ2n) is 4.09. The first-order valence-corrected chi connectivity index (χ1v) is 7.44. The van der Waals surface area contributed by atoms with Crippen LogP contribution >= 0.6 is 11.6 Å². The Hall–Kier alpha value is -0.560. The molecule has 0 amide bonds. The van der Waals surface area contributed by atoms with Crippen LogP contribution in [0.2, 0.25) is 0 Å². The van der Waals surface area contributed by atoms with Crippen molar-refractivity contribution in [2.75, 3.05) is 20.8 Å². The lowest BCUT2D eigenvalue weighted by molar-refractivity contribution is 0.149. The van der Waals surface area contributed by atoms with Gasteiger partial charge in [-0.2, -0.15) is 4.31 Å². The van der Waals surface area contributed by atoms with Gasteiger partial charge >= 0.3 is 0 Å². The molecule has 1 heterocycles. The summed E-state index contributed by atoms with van der Waals surface area (Å²) in [6.07, 6.45) is 0. The Morgan fingerprint density at radius 3 is 2.61 bits per heavy atom. The summed E-state index contributed by atoms with van der Waals surface area (Å²) < 4.78 is 36.2. The number of rotatable bonds is 6. The van der Waals surface area contributed by atoms with E-state index in [1.54, 1.807) is 13.8 Å². The Balaban J connectivity index is 3.08. The predicted molar refractivity (Wildman–Crippen MR) is 69.3 cm³/mol. The molecule has 1 rings (SSSR count). The van der Waals surface area contributed by atoms with Gasteiger partial charge in [-0.3, -0.25) is 0 Å². The monoisotopic (exact) mass is 295 g/mol. The minimum absolute atomic E-state index is 0.147. The van der Waals surface area contributed by atoms with Crippen LogP contribution in [0.25, 0.3) is 0 Å². The molecule has 7 heteroatoms. The molecule has 0 bridgehead atoms. The minimum atomic E-state index is -3.58. The maximum absolute atomic E-state index is 12.4. The first-order valence-electron chi connectivity index (χ1n) is 5.46. The molecule has 0 aliphatic heterocycles. The summed E-state index contributed by atoms with van der Waals surface area (Å²) in [5.41, 5.74) is 0. The molecule has 1 aromatic rings. The van der Waals surface area contributed by atoms with Gasteiger partial charge < -0.3 is 9.15 Å². The third kappa shape index (κ3) is 3.06. The van der Waals surface area contributed by atoms with Crippen LogP contribution in [0.3, 0.4) is 0 Å². The Labute approximate surface area is 113 Å². The standard InChI is InChI=1S/C11H18ClNO4S/c1-8(7-16-4)13(3)18(14,15)11-5-10(6-12)17-9(11)2/h5,8H,6-7H2,1-4H3. The Bertz CT molecular complexity index is 497. The summed E-state index contributed by atoms with van der Waals surface area (Å²) in [5, 5.41) is 0. The number of likely N-dealkylation sites (N-methyl/N-ethyl adjacent to an activating group) is 1. The van der Waals surface area contributed by atoms with Gasteiger partial charge in [-0.25, -0.2) is 8.42 Å². The van der Waals surface area contributed by atoms with Crippen LogP contribution in [0, 0.1) is 6.92 Å². The Morgan fingerprint density at radius 2 is 2.17 bits per heavy atom. The van der Waals surface area contributed by atoms with E-state index >= 15 is 0 Å². The molecular weight excluding hydrogens is 278 g/mol. The average molecular weight is 296 g/mol. The molecule has 5 nitrogen and oxygen atoms in total. The van der Waals surface area contributed by atoms with Crippen molar-refractivity contribution in [3.05, 3.63) is 17.6 Å². The molecule has 0 spiro atoms.